The van der Waals surface area contributed by atoms with E-state index in [1.54, 1.807) is 7.11 Å². The summed E-state index contributed by atoms with van der Waals surface area (Å²) in [6.07, 6.45) is 3.03. The van der Waals surface area contributed by atoms with Gasteiger partial charge in [-0.05, 0) is 33.6 Å². The van der Waals surface area contributed by atoms with Crippen molar-refractivity contribution in [1.29, 1.82) is 0 Å². The van der Waals surface area contributed by atoms with Crippen LogP contribution in [0.1, 0.15) is 33.6 Å². The third kappa shape index (κ3) is 2.34. The first kappa shape index (κ1) is 11.7. The fraction of sp³-hybridized carbons (Fsp3) is 0.909. The Balaban J connectivity index is 2.55. The Morgan fingerprint density at radius 1 is 1.36 bits per heavy atom. The van der Waals surface area contributed by atoms with E-state index < -0.39 is 0 Å². The zero-order chi connectivity index (χ0) is 10.8. The Kier molecular flexibility index (Phi) is 3.32. The molecule has 3 nitrogen and oxygen atoms in total. The standard InChI is InChI=1S/C11H21NO2/c1-10(2,9-13)12-7-5-11(3,14-4)6-8-12/h9H,5-8H2,1-4H3. The quantitative estimate of drug-likeness (QED) is 0.645. The largest absolute Gasteiger partial charge is 0.378 e. The van der Waals surface area contributed by atoms with Crippen LogP contribution in [0.3, 0.4) is 0 Å². The van der Waals surface area contributed by atoms with Gasteiger partial charge in [0.2, 0.25) is 0 Å². The summed E-state index contributed by atoms with van der Waals surface area (Å²) in [5.74, 6) is 0. The molecule has 82 valence electrons. The molecule has 3 heteroatoms. The average Bonchev–Trinajstić information content (AvgIpc) is 2.19. The molecule has 1 aliphatic heterocycles. The van der Waals surface area contributed by atoms with Gasteiger partial charge >= 0.3 is 0 Å². The van der Waals surface area contributed by atoms with Gasteiger partial charge in [-0.3, -0.25) is 4.90 Å². The van der Waals surface area contributed by atoms with E-state index in [9.17, 15) is 4.79 Å². The molecule has 0 atom stereocenters. The second-order valence-corrected chi connectivity index (χ2v) is 4.91. The summed E-state index contributed by atoms with van der Waals surface area (Å²) in [7, 11) is 1.76. The first-order chi connectivity index (χ1) is 6.43. The minimum absolute atomic E-state index is 0.00939. The van der Waals surface area contributed by atoms with Crippen LogP contribution in [0.4, 0.5) is 0 Å². The van der Waals surface area contributed by atoms with Gasteiger partial charge in [0.15, 0.2) is 0 Å². The van der Waals surface area contributed by atoms with Gasteiger partial charge in [-0.1, -0.05) is 0 Å². The van der Waals surface area contributed by atoms with Crippen LogP contribution in [-0.2, 0) is 9.53 Å². The summed E-state index contributed by atoms with van der Waals surface area (Å²) < 4.78 is 5.46. The number of likely N-dealkylation sites (tertiary alicyclic amines) is 1. The number of piperidine rings is 1. The van der Waals surface area contributed by atoms with Crippen LogP contribution in [0.15, 0.2) is 0 Å². The van der Waals surface area contributed by atoms with E-state index in [0.29, 0.717) is 0 Å². The number of rotatable bonds is 3. The maximum atomic E-state index is 10.9. The molecule has 0 aromatic heterocycles. The highest BCUT2D eigenvalue weighted by Crippen LogP contribution is 2.28. The van der Waals surface area contributed by atoms with E-state index in [-0.39, 0.29) is 11.1 Å². The molecule has 1 rings (SSSR count). The van der Waals surface area contributed by atoms with Gasteiger partial charge in [-0.2, -0.15) is 0 Å². The summed E-state index contributed by atoms with van der Waals surface area (Å²) in [4.78, 5) is 13.1. The molecule has 0 amide bonds. The van der Waals surface area contributed by atoms with Crippen molar-refractivity contribution in [2.24, 2.45) is 0 Å². The SMILES string of the molecule is COC1(C)CCN(C(C)(C)C=O)CC1. The number of methoxy groups -OCH3 is 1. The summed E-state index contributed by atoms with van der Waals surface area (Å²) in [5.41, 5.74) is -0.315. The minimum Gasteiger partial charge on any atom is -0.378 e. The molecule has 0 radical (unpaired) electrons. The van der Waals surface area contributed by atoms with Crippen LogP contribution in [0, 0.1) is 0 Å². The van der Waals surface area contributed by atoms with E-state index in [1.165, 1.54) is 0 Å². The Bertz CT molecular complexity index is 205. The highest BCUT2D eigenvalue weighted by molar-refractivity contribution is 5.62. The van der Waals surface area contributed by atoms with Crippen LogP contribution in [0.25, 0.3) is 0 Å². The molecule has 0 bridgehead atoms. The molecule has 1 saturated heterocycles. The van der Waals surface area contributed by atoms with E-state index in [4.69, 9.17) is 4.74 Å². The van der Waals surface area contributed by atoms with Gasteiger partial charge in [-0.25, -0.2) is 0 Å². The predicted molar refractivity (Wildman–Crippen MR) is 56.4 cm³/mol. The van der Waals surface area contributed by atoms with E-state index >= 15 is 0 Å². The van der Waals surface area contributed by atoms with Gasteiger partial charge < -0.3 is 9.53 Å². The Labute approximate surface area is 86.4 Å². The molecule has 0 aromatic rings. The second kappa shape index (κ2) is 3.99. The molecule has 0 unspecified atom stereocenters. The van der Waals surface area contributed by atoms with Crippen LogP contribution < -0.4 is 0 Å². The molecule has 14 heavy (non-hydrogen) atoms. The van der Waals surface area contributed by atoms with Crippen molar-refractivity contribution in [3.8, 4) is 0 Å². The Hall–Kier alpha value is -0.410. The monoisotopic (exact) mass is 199 g/mol. The van der Waals surface area contributed by atoms with Crippen LogP contribution in [0.2, 0.25) is 0 Å². The predicted octanol–water partition coefficient (Wildman–Crippen LogP) is 1.46. The number of ether oxygens (including phenoxy) is 1. The molecule has 1 fully saturated rings. The lowest BCUT2D eigenvalue weighted by atomic mass is 9.90. The average molecular weight is 199 g/mol. The van der Waals surface area contributed by atoms with E-state index in [1.807, 2.05) is 13.8 Å². The van der Waals surface area contributed by atoms with Crippen molar-refractivity contribution in [3.05, 3.63) is 0 Å². The van der Waals surface area contributed by atoms with Crippen LogP contribution >= 0.6 is 0 Å². The minimum atomic E-state index is -0.324. The van der Waals surface area contributed by atoms with Gasteiger partial charge in [0, 0.05) is 20.2 Å². The fourth-order valence-electron chi connectivity index (χ4n) is 1.83. The number of hydrogen-bond acceptors (Lipinski definition) is 3. The fourth-order valence-corrected chi connectivity index (χ4v) is 1.83. The summed E-state index contributed by atoms with van der Waals surface area (Å²) in [6.45, 7) is 7.95. The first-order valence-corrected chi connectivity index (χ1v) is 5.20. The Morgan fingerprint density at radius 3 is 2.21 bits per heavy atom. The molecule has 0 aromatic carbocycles. The van der Waals surface area contributed by atoms with Gasteiger partial charge in [-0.15, -0.1) is 0 Å². The van der Waals surface area contributed by atoms with Crippen molar-refractivity contribution in [1.82, 2.24) is 4.90 Å². The van der Waals surface area contributed by atoms with Gasteiger partial charge in [0.1, 0.15) is 6.29 Å². The zero-order valence-corrected chi connectivity index (χ0v) is 9.67. The van der Waals surface area contributed by atoms with Crippen molar-refractivity contribution in [2.75, 3.05) is 20.2 Å². The lowest BCUT2D eigenvalue weighted by Crippen LogP contribution is -2.53. The molecule has 0 aliphatic carbocycles. The van der Waals surface area contributed by atoms with E-state index in [0.717, 1.165) is 32.2 Å². The normalized spacial score (nSPS) is 23.4. The topological polar surface area (TPSA) is 29.5 Å². The lowest BCUT2D eigenvalue weighted by molar-refractivity contribution is -0.121. The number of hydrogen-bond donors (Lipinski definition) is 0. The van der Waals surface area contributed by atoms with Crippen molar-refractivity contribution in [3.63, 3.8) is 0 Å². The number of aldehydes is 1. The summed E-state index contributed by atoms with van der Waals surface area (Å²) >= 11 is 0. The smallest absolute Gasteiger partial charge is 0.139 e. The van der Waals surface area contributed by atoms with E-state index in [2.05, 4.69) is 11.8 Å². The molecule has 0 N–H and O–H groups in total. The molecule has 1 heterocycles. The molecule has 1 aliphatic rings. The van der Waals surface area contributed by atoms with Crippen molar-refractivity contribution >= 4 is 6.29 Å². The van der Waals surface area contributed by atoms with Crippen molar-refractivity contribution < 1.29 is 9.53 Å². The van der Waals surface area contributed by atoms with Crippen LogP contribution in [-0.4, -0.2) is 42.5 Å². The molecular formula is C11H21NO2. The number of nitrogens with zero attached hydrogens (tertiary/aromatic N) is 1. The molecule has 0 spiro atoms. The lowest BCUT2D eigenvalue weighted by Gasteiger charge is -2.43. The maximum absolute atomic E-state index is 10.9. The van der Waals surface area contributed by atoms with Gasteiger partial charge in [0.25, 0.3) is 0 Å². The number of carbonyl (C=O) groups excluding carboxylic acids is 1. The molecular weight excluding hydrogens is 178 g/mol. The summed E-state index contributed by atoms with van der Waals surface area (Å²) in [6, 6.07) is 0. The third-order valence-corrected chi connectivity index (χ3v) is 3.42. The van der Waals surface area contributed by atoms with Gasteiger partial charge in [0.05, 0.1) is 11.1 Å². The summed E-state index contributed by atoms with van der Waals surface area (Å²) in [5, 5.41) is 0. The third-order valence-electron chi connectivity index (χ3n) is 3.42. The number of carbonyl (C=O) groups is 1. The van der Waals surface area contributed by atoms with Crippen molar-refractivity contribution in [2.45, 2.75) is 44.8 Å². The molecule has 0 saturated carbocycles. The first-order valence-electron chi connectivity index (χ1n) is 5.20. The second-order valence-electron chi connectivity index (χ2n) is 4.91. The van der Waals surface area contributed by atoms with Crippen LogP contribution in [0.5, 0.6) is 0 Å². The maximum Gasteiger partial charge on any atom is 0.139 e. The highest BCUT2D eigenvalue weighted by Gasteiger charge is 2.35. The highest BCUT2D eigenvalue weighted by atomic mass is 16.5. The zero-order valence-electron chi connectivity index (χ0n) is 9.67. The Morgan fingerprint density at radius 2 is 1.86 bits per heavy atom.